The lowest BCUT2D eigenvalue weighted by Crippen LogP contribution is -2.21. The number of halogens is 3. The summed E-state index contributed by atoms with van der Waals surface area (Å²) in [5.74, 6) is -1.61. The van der Waals surface area contributed by atoms with E-state index in [0.29, 0.717) is 5.56 Å². The van der Waals surface area contributed by atoms with Crippen LogP contribution in [0.15, 0.2) is 48.5 Å². The molecule has 5 heteroatoms. The second-order valence-electron chi connectivity index (χ2n) is 3.93. The molecule has 0 bridgehead atoms. The summed E-state index contributed by atoms with van der Waals surface area (Å²) in [4.78, 5) is 12.0. The summed E-state index contributed by atoms with van der Waals surface area (Å²) in [6, 6.07) is 11.9. The van der Waals surface area contributed by atoms with Crippen molar-refractivity contribution in [2.24, 2.45) is 0 Å². The van der Waals surface area contributed by atoms with Crippen molar-refractivity contribution in [3.05, 3.63) is 71.3 Å². The van der Waals surface area contributed by atoms with E-state index in [-0.39, 0.29) is 18.0 Å². The Bertz CT molecular complexity index is 589. The van der Waals surface area contributed by atoms with Crippen LogP contribution in [0.5, 0.6) is 0 Å². The molecule has 0 atom stereocenters. The van der Waals surface area contributed by atoms with Crippen LogP contribution in [0.2, 0.25) is 0 Å². The quantitative estimate of drug-likeness (QED) is 0.783. The first-order valence-electron chi connectivity index (χ1n) is 5.54. The molecule has 0 aromatic heterocycles. The van der Waals surface area contributed by atoms with E-state index in [1.54, 1.807) is 30.3 Å². The van der Waals surface area contributed by atoms with E-state index in [4.69, 9.17) is 0 Å². The second-order valence-corrected chi connectivity index (χ2v) is 4.78. The molecule has 2 aromatic carbocycles. The summed E-state index contributed by atoms with van der Waals surface area (Å²) in [7, 11) is 0. The highest BCUT2D eigenvalue weighted by Gasteiger charge is 2.15. The Labute approximate surface area is 118 Å². The second kappa shape index (κ2) is 5.93. The van der Waals surface area contributed by atoms with E-state index in [0.717, 1.165) is 12.1 Å². The topological polar surface area (TPSA) is 20.3 Å². The molecule has 19 heavy (non-hydrogen) atoms. The van der Waals surface area contributed by atoms with Gasteiger partial charge in [-0.2, -0.15) is 0 Å². The normalized spacial score (nSPS) is 10.3. The minimum absolute atomic E-state index is 0.0137. The molecule has 0 radical (unpaired) electrons. The summed E-state index contributed by atoms with van der Waals surface area (Å²) < 4.78 is 27.5. The van der Waals surface area contributed by atoms with Crippen molar-refractivity contribution >= 4 is 22.1 Å². The van der Waals surface area contributed by atoms with Gasteiger partial charge in [0.05, 0.1) is 22.7 Å². The molecule has 0 aliphatic carbocycles. The van der Waals surface area contributed by atoms with Crippen molar-refractivity contribution in [1.29, 1.82) is 0 Å². The first kappa shape index (κ1) is 13.7. The number of carbonyl (C=O) groups excluding carboxylic acids is 1. The third kappa shape index (κ3) is 3.38. The lowest BCUT2D eigenvalue weighted by atomic mass is 10.2. The van der Waals surface area contributed by atoms with Crippen LogP contribution in [-0.4, -0.2) is 9.83 Å². The Morgan fingerprint density at radius 2 is 1.79 bits per heavy atom. The Kier molecular flexibility index (Phi) is 4.27. The number of hydrogen-bond acceptors (Lipinski definition) is 1. The molecule has 2 aromatic rings. The van der Waals surface area contributed by atoms with Gasteiger partial charge < -0.3 is 0 Å². The zero-order chi connectivity index (χ0) is 13.8. The predicted molar refractivity (Wildman–Crippen MR) is 71.6 cm³/mol. The first-order valence-corrected chi connectivity index (χ1v) is 6.25. The average molecular weight is 326 g/mol. The average Bonchev–Trinajstić information content (AvgIpc) is 2.42. The summed E-state index contributed by atoms with van der Waals surface area (Å²) in [5, 5.41) is 0. The molecule has 0 aliphatic rings. The maximum atomic E-state index is 13.5. The van der Waals surface area contributed by atoms with Gasteiger partial charge in [0.15, 0.2) is 0 Å². The van der Waals surface area contributed by atoms with Crippen molar-refractivity contribution in [1.82, 2.24) is 3.93 Å². The van der Waals surface area contributed by atoms with Gasteiger partial charge >= 0.3 is 0 Å². The highest BCUT2D eigenvalue weighted by Crippen LogP contribution is 2.17. The zero-order valence-corrected chi connectivity index (χ0v) is 11.4. The van der Waals surface area contributed by atoms with E-state index < -0.39 is 11.6 Å². The van der Waals surface area contributed by atoms with Gasteiger partial charge in [-0.05, 0) is 18.2 Å². The molecule has 0 saturated carbocycles. The van der Waals surface area contributed by atoms with Crippen molar-refractivity contribution in [3.8, 4) is 0 Å². The molecule has 0 spiro atoms. The monoisotopic (exact) mass is 325 g/mol. The number of hydrogen-bond donors (Lipinski definition) is 0. The Balaban J connectivity index is 2.13. The third-order valence-electron chi connectivity index (χ3n) is 2.57. The lowest BCUT2D eigenvalue weighted by molar-refractivity contribution is 0.0872. The third-order valence-corrected chi connectivity index (χ3v) is 3.14. The van der Waals surface area contributed by atoms with Gasteiger partial charge in [0, 0.05) is 17.2 Å². The Morgan fingerprint density at radius 3 is 2.42 bits per heavy atom. The van der Waals surface area contributed by atoms with Crippen LogP contribution in [0.25, 0.3) is 0 Å². The van der Waals surface area contributed by atoms with Gasteiger partial charge in [-0.1, -0.05) is 24.3 Å². The molecule has 0 saturated heterocycles. The Hall–Kier alpha value is -1.75. The number of nitrogens with zero attached hydrogens (tertiary/aromatic N) is 1. The molecule has 0 fully saturated rings. The summed E-state index contributed by atoms with van der Waals surface area (Å²) in [6.07, 6.45) is 0. The van der Waals surface area contributed by atoms with Crippen LogP contribution in [0, 0.1) is 11.6 Å². The molecule has 0 aliphatic heterocycles. The van der Waals surface area contributed by atoms with E-state index in [1.165, 1.54) is 9.99 Å². The van der Waals surface area contributed by atoms with Crippen LogP contribution in [-0.2, 0) is 6.54 Å². The highest BCUT2D eigenvalue weighted by atomic mass is 79.9. The predicted octanol–water partition coefficient (Wildman–Crippen LogP) is 3.92. The van der Waals surface area contributed by atoms with Gasteiger partial charge in [-0.3, -0.25) is 8.72 Å². The van der Waals surface area contributed by atoms with Gasteiger partial charge in [0.1, 0.15) is 11.6 Å². The van der Waals surface area contributed by atoms with Crippen LogP contribution in [0.3, 0.4) is 0 Å². The van der Waals surface area contributed by atoms with E-state index in [9.17, 15) is 13.6 Å². The van der Waals surface area contributed by atoms with Gasteiger partial charge in [0.2, 0.25) is 0 Å². The van der Waals surface area contributed by atoms with Crippen molar-refractivity contribution in [2.75, 3.05) is 0 Å². The van der Waals surface area contributed by atoms with E-state index >= 15 is 0 Å². The van der Waals surface area contributed by atoms with Crippen LogP contribution < -0.4 is 0 Å². The van der Waals surface area contributed by atoms with Crippen LogP contribution in [0.4, 0.5) is 8.78 Å². The van der Waals surface area contributed by atoms with E-state index in [2.05, 4.69) is 16.1 Å². The van der Waals surface area contributed by atoms with Crippen molar-refractivity contribution in [2.45, 2.75) is 6.54 Å². The van der Waals surface area contributed by atoms with Crippen LogP contribution in [0.1, 0.15) is 15.9 Å². The fourth-order valence-electron chi connectivity index (χ4n) is 1.59. The van der Waals surface area contributed by atoms with Crippen LogP contribution >= 0.6 is 16.1 Å². The smallest absolute Gasteiger partial charge is 0.264 e. The molecule has 0 N–H and O–H groups in total. The number of rotatable bonds is 3. The largest absolute Gasteiger partial charge is 0.270 e. The standard InChI is InChI=1S/C14H10BrF2NO/c15-18(14(19)10-4-2-1-3-5-10)9-11-6-7-12(16)8-13(11)17/h1-8H,9H2. The summed E-state index contributed by atoms with van der Waals surface area (Å²) in [6.45, 7) is 0.0137. The SMILES string of the molecule is O=C(c1ccccc1)N(Br)Cc1ccc(F)cc1F. The van der Waals surface area contributed by atoms with E-state index in [1.807, 2.05) is 0 Å². The van der Waals surface area contributed by atoms with Gasteiger partial charge in [0.25, 0.3) is 5.91 Å². The number of carbonyl (C=O) groups is 1. The molecule has 1 amide bonds. The number of amides is 1. The minimum Gasteiger partial charge on any atom is -0.270 e. The highest BCUT2D eigenvalue weighted by molar-refractivity contribution is 9.07. The maximum absolute atomic E-state index is 13.5. The lowest BCUT2D eigenvalue weighted by Gasteiger charge is -2.15. The van der Waals surface area contributed by atoms with Gasteiger partial charge in [-0.15, -0.1) is 0 Å². The van der Waals surface area contributed by atoms with Crippen molar-refractivity contribution < 1.29 is 13.6 Å². The summed E-state index contributed by atoms with van der Waals surface area (Å²) >= 11 is 3.09. The molecule has 2 nitrogen and oxygen atoms in total. The molecule has 98 valence electrons. The minimum atomic E-state index is -0.676. The summed E-state index contributed by atoms with van der Waals surface area (Å²) in [5.41, 5.74) is 0.726. The Morgan fingerprint density at radius 1 is 1.11 bits per heavy atom. The first-order chi connectivity index (χ1) is 9.08. The fourth-order valence-corrected chi connectivity index (χ4v) is 2.07. The molecular weight excluding hydrogens is 316 g/mol. The zero-order valence-electron chi connectivity index (χ0n) is 9.82. The van der Waals surface area contributed by atoms with Crippen molar-refractivity contribution in [3.63, 3.8) is 0 Å². The molecule has 2 rings (SSSR count). The molecular formula is C14H10BrF2NO. The maximum Gasteiger partial charge on any atom is 0.264 e. The number of benzene rings is 2. The van der Waals surface area contributed by atoms with Gasteiger partial charge in [-0.25, -0.2) is 8.78 Å². The molecule has 0 heterocycles. The fraction of sp³-hybridized carbons (Fsp3) is 0.0714. The molecule has 0 unspecified atom stereocenters.